The fraction of sp³-hybridized carbons (Fsp3) is 0.222. The molecule has 3 heterocycles. The number of amides is 2. The quantitative estimate of drug-likeness (QED) is 0.771. The average Bonchev–Trinajstić information content (AvgIpc) is 3.33. The van der Waals surface area contributed by atoms with Gasteiger partial charge in [-0.15, -0.1) is 0 Å². The monoisotopic (exact) mass is 350 g/mol. The van der Waals surface area contributed by atoms with Crippen LogP contribution in [0.25, 0.3) is 11.1 Å². The highest BCUT2D eigenvalue weighted by Gasteiger charge is 2.29. The lowest BCUT2D eigenvalue weighted by Crippen LogP contribution is -2.52. The van der Waals surface area contributed by atoms with Gasteiger partial charge in [-0.2, -0.15) is 10.2 Å². The molecule has 0 aliphatic carbocycles. The Kier molecular flexibility index (Phi) is 4.00. The van der Waals surface area contributed by atoms with Crippen LogP contribution in [0.15, 0.2) is 49.1 Å². The summed E-state index contributed by atoms with van der Waals surface area (Å²) in [6.45, 7) is 1.02. The van der Waals surface area contributed by atoms with Crippen molar-refractivity contribution in [2.24, 2.45) is 7.05 Å². The minimum atomic E-state index is -0.136. The van der Waals surface area contributed by atoms with Crippen molar-refractivity contribution in [1.29, 1.82) is 0 Å². The van der Waals surface area contributed by atoms with Crippen LogP contribution >= 0.6 is 0 Å². The number of rotatable bonds is 3. The van der Waals surface area contributed by atoms with E-state index in [1.54, 1.807) is 58.4 Å². The van der Waals surface area contributed by atoms with Crippen LogP contribution in [-0.2, 0) is 11.8 Å². The van der Waals surface area contributed by atoms with Crippen LogP contribution in [0.5, 0.6) is 0 Å². The average molecular weight is 350 g/mol. The lowest BCUT2D eigenvalue weighted by atomic mass is 10.1. The van der Waals surface area contributed by atoms with Crippen molar-refractivity contribution in [3.63, 3.8) is 0 Å². The normalized spacial score (nSPS) is 14.7. The van der Waals surface area contributed by atoms with Crippen LogP contribution < -0.4 is 4.90 Å². The van der Waals surface area contributed by atoms with Crippen LogP contribution in [-0.4, -0.2) is 56.3 Å². The topological polar surface area (TPSA) is 87.1 Å². The molecule has 8 heteroatoms. The number of piperazine rings is 1. The minimum absolute atomic E-state index is 0.0667. The largest absolute Gasteiger partial charge is 0.328 e. The van der Waals surface area contributed by atoms with Crippen molar-refractivity contribution in [3.05, 3.63) is 54.6 Å². The molecule has 1 aliphatic heterocycles. The van der Waals surface area contributed by atoms with Gasteiger partial charge in [0.25, 0.3) is 5.91 Å². The van der Waals surface area contributed by atoms with Crippen molar-refractivity contribution in [2.75, 3.05) is 24.5 Å². The van der Waals surface area contributed by atoms with Gasteiger partial charge in [0.15, 0.2) is 0 Å². The predicted octanol–water partition coefficient (Wildman–Crippen LogP) is 1.30. The lowest BCUT2D eigenvalue weighted by molar-refractivity contribution is -0.120. The highest BCUT2D eigenvalue weighted by molar-refractivity contribution is 6.01. The number of aryl methyl sites for hydroxylation is 1. The Morgan fingerprint density at radius 2 is 1.92 bits per heavy atom. The number of hydrogen-bond acceptors (Lipinski definition) is 4. The molecule has 1 aromatic carbocycles. The molecule has 0 bridgehead atoms. The van der Waals surface area contributed by atoms with Crippen molar-refractivity contribution in [3.8, 4) is 11.1 Å². The van der Waals surface area contributed by atoms with Gasteiger partial charge < -0.3 is 9.80 Å². The van der Waals surface area contributed by atoms with E-state index in [4.69, 9.17) is 0 Å². The van der Waals surface area contributed by atoms with Crippen LogP contribution in [0, 0.1) is 0 Å². The van der Waals surface area contributed by atoms with Crippen LogP contribution in [0.2, 0.25) is 0 Å². The maximum Gasteiger partial charge on any atom is 0.254 e. The number of hydrogen-bond donors (Lipinski definition) is 1. The summed E-state index contributed by atoms with van der Waals surface area (Å²) in [5.74, 6) is -0.240. The SMILES string of the molecule is Cn1cc(N2CCN(C(=O)c3ccc(-c4cn[nH]c4)cc3)CC2=O)cn1. The molecule has 0 radical (unpaired) electrons. The third-order valence-corrected chi connectivity index (χ3v) is 4.47. The Bertz CT molecular complexity index is 929. The van der Waals surface area contributed by atoms with Gasteiger partial charge in [-0.3, -0.25) is 19.4 Å². The molecule has 0 unspecified atom stereocenters. The predicted molar refractivity (Wildman–Crippen MR) is 95.5 cm³/mol. The lowest BCUT2D eigenvalue weighted by Gasteiger charge is -2.33. The second kappa shape index (κ2) is 6.47. The Hall–Kier alpha value is -3.42. The Labute approximate surface area is 150 Å². The Balaban J connectivity index is 1.45. The number of benzene rings is 1. The van der Waals surface area contributed by atoms with Crippen LogP contribution in [0.3, 0.4) is 0 Å². The molecule has 1 saturated heterocycles. The molecule has 3 aromatic rings. The molecular formula is C18H18N6O2. The number of anilines is 1. The van der Waals surface area contributed by atoms with E-state index in [1.807, 2.05) is 12.1 Å². The molecule has 2 aromatic heterocycles. The number of carbonyl (C=O) groups excluding carboxylic acids is 2. The molecule has 0 spiro atoms. The summed E-state index contributed by atoms with van der Waals surface area (Å²) in [7, 11) is 1.81. The summed E-state index contributed by atoms with van der Waals surface area (Å²) in [5.41, 5.74) is 3.27. The molecule has 1 aliphatic rings. The van der Waals surface area contributed by atoms with Gasteiger partial charge in [0.2, 0.25) is 5.91 Å². The summed E-state index contributed by atoms with van der Waals surface area (Å²) in [6, 6.07) is 7.32. The van der Waals surface area contributed by atoms with E-state index in [2.05, 4.69) is 15.3 Å². The number of nitrogens with zero attached hydrogens (tertiary/aromatic N) is 5. The number of aromatic nitrogens is 4. The zero-order chi connectivity index (χ0) is 18.1. The first kappa shape index (κ1) is 16.1. The zero-order valence-corrected chi connectivity index (χ0v) is 14.3. The molecule has 2 amide bonds. The molecule has 1 fully saturated rings. The van der Waals surface area contributed by atoms with Gasteiger partial charge in [-0.05, 0) is 17.7 Å². The van der Waals surface area contributed by atoms with E-state index in [9.17, 15) is 9.59 Å². The van der Waals surface area contributed by atoms with Gasteiger partial charge >= 0.3 is 0 Å². The fourth-order valence-corrected chi connectivity index (χ4v) is 3.06. The second-order valence-corrected chi connectivity index (χ2v) is 6.21. The molecule has 0 saturated carbocycles. The Morgan fingerprint density at radius 3 is 2.54 bits per heavy atom. The molecule has 1 N–H and O–H groups in total. The van der Waals surface area contributed by atoms with Gasteiger partial charge in [0.05, 0.1) is 18.1 Å². The maximum absolute atomic E-state index is 12.7. The third kappa shape index (κ3) is 2.97. The number of H-pyrrole nitrogens is 1. The van der Waals surface area contributed by atoms with Crippen LogP contribution in [0.1, 0.15) is 10.4 Å². The Morgan fingerprint density at radius 1 is 1.12 bits per heavy atom. The third-order valence-electron chi connectivity index (χ3n) is 4.47. The maximum atomic E-state index is 12.7. The summed E-state index contributed by atoms with van der Waals surface area (Å²) in [5, 5.41) is 10.8. The first-order valence-electron chi connectivity index (χ1n) is 8.29. The first-order chi connectivity index (χ1) is 12.6. The van der Waals surface area contributed by atoms with Crippen molar-refractivity contribution in [1.82, 2.24) is 24.9 Å². The van der Waals surface area contributed by atoms with E-state index in [1.165, 1.54) is 0 Å². The zero-order valence-electron chi connectivity index (χ0n) is 14.3. The molecule has 8 nitrogen and oxygen atoms in total. The van der Waals surface area contributed by atoms with Crippen LogP contribution in [0.4, 0.5) is 5.69 Å². The molecule has 132 valence electrons. The molecule has 0 atom stereocenters. The van der Waals surface area contributed by atoms with E-state index in [-0.39, 0.29) is 18.4 Å². The summed E-state index contributed by atoms with van der Waals surface area (Å²) in [4.78, 5) is 28.4. The van der Waals surface area contributed by atoms with Gasteiger partial charge in [0, 0.05) is 43.7 Å². The standard InChI is InChI=1S/C18H18N6O2/c1-22-11-16(10-21-22)24-7-6-23(12-17(24)25)18(26)14-4-2-13(3-5-14)15-8-19-20-9-15/h2-5,8-11H,6-7,12H2,1H3,(H,19,20). The van der Waals surface area contributed by atoms with E-state index < -0.39 is 0 Å². The second-order valence-electron chi connectivity index (χ2n) is 6.21. The first-order valence-corrected chi connectivity index (χ1v) is 8.29. The van der Waals surface area contributed by atoms with Gasteiger partial charge in [0.1, 0.15) is 6.54 Å². The fourth-order valence-electron chi connectivity index (χ4n) is 3.06. The van der Waals surface area contributed by atoms with Crippen molar-refractivity contribution in [2.45, 2.75) is 0 Å². The van der Waals surface area contributed by atoms with Gasteiger partial charge in [-0.1, -0.05) is 12.1 Å². The summed E-state index contributed by atoms with van der Waals surface area (Å²) in [6.07, 6.45) is 6.98. The van der Waals surface area contributed by atoms with E-state index in [0.29, 0.717) is 18.7 Å². The van der Waals surface area contributed by atoms with Crippen molar-refractivity contribution < 1.29 is 9.59 Å². The molecule has 4 rings (SSSR count). The smallest absolute Gasteiger partial charge is 0.254 e. The van der Waals surface area contributed by atoms with Gasteiger partial charge in [-0.25, -0.2) is 0 Å². The highest BCUT2D eigenvalue weighted by Crippen LogP contribution is 2.20. The molecule has 26 heavy (non-hydrogen) atoms. The van der Waals surface area contributed by atoms with E-state index in [0.717, 1.165) is 16.8 Å². The summed E-state index contributed by atoms with van der Waals surface area (Å²) >= 11 is 0. The van der Waals surface area contributed by atoms with E-state index >= 15 is 0 Å². The molecular weight excluding hydrogens is 332 g/mol. The number of carbonyl (C=O) groups is 2. The summed E-state index contributed by atoms with van der Waals surface area (Å²) < 4.78 is 1.65. The minimum Gasteiger partial charge on any atom is -0.328 e. The number of nitrogens with one attached hydrogen (secondary N) is 1. The number of aromatic amines is 1. The highest BCUT2D eigenvalue weighted by atomic mass is 16.2. The van der Waals surface area contributed by atoms with Crippen molar-refractivity contribution >= 4 is 17.5 Å².